The highest BCUT2D eigenvalue weighted by Gasteiger charge is 2.37. The van der Waals surface area contributed by atoms with Crippen molar-refractivity contribution in [2.45, 2.75) is 31.8 Å². The molecule has 0 amide bonds. The molecule has 2 aromatic carbocycles. The fourth-order valence-corrected chi connectivity index (χ4v) is 3.88. The summed E-state index contributed by atoms with van der Waals surface area (Å²) in [4.78, 5) is 18.7. The molecule has 0 radical (unpaired) electrons. The Labute approximate surface area is 153 Å². The van der Waals surface area contributed by atoms with Crippen molar-refractivity contribution in [2.24, 2.45) is 0 Å². The Balaban J connectivity index is 1.83. The Bertz CT molecular complexity index is 936. The number of fused-ring (bicyclic) bond motifs is 1. The maximum atomic E-state index is 11.8. The molecule has 4 heteroatoms. The Morgan fingerprint density at radius 1 is 1.12 bits per heavy atom. The van der Waals surface area contributed by atoms with Gasteiger partial charge in [-0.1, -0.05) is 54.1 Å². The van der Waals surface area contributed by atoms with Gasteiger partial charge in [-0.05, 0) is 37.5 Å². The molecule has 132 valence electrons. The average Bonchev–Trinajstić information content (AvgIpc) is 3.13. The van der Waals surface area contributed by atoms with Gasteiger partial charge in [0.1, 0.15) is 6.04 Å². The van der Waals surface area contributed by atoms with E-state index in [9.17, 15) is 9.90 Å². The molecule has 1 fully saturated rings. The first-order chi connectivity index (χ1) is 12.6. The zero-order valence-corrected chi connectivity index (χ0v) is 14.8. The Morgan fingerprint density at radius 2 is 1.88 bits per heavy atom. The van der Waals surface area contributed by atoms with Gasteiger partial charge < -0.3 is 5.11 Å². The smallest absolute Gasteiger partial charge is 0.320 e. The second kappa shape index (κ2) is 6.89. The van der Waals surface area contributed by atoms with E-state index in [1.54, 1.807) is 0 Å². The van der Waals surface area contributed by atoms with Crippen LogP contribution in [0.15, 0.2) is 60.7 Å². The van der Waals surface area contributed by atoms with E-state index >= 15 is 0 Å². The number of carboxylic acid groups (broad SMARTS) is 1. The summed E-state index contributed by atoms with van der Waals surface area (Å²) in [7, 11) is 0. The molecule has 0 bridgehead atoms. The van der Waals surface area contributed by atoms with Crippen molar-refractivity contribution >= 4 is 16.9 Å². The molecule has 3 aromatic rings. The Hall–Kier alpha value is -2.72. The maximum Gasteiger partial charge on any atom is 0.320 e. The van der Waals surface area contributed by atoms with Gasteiger partial charge in [-0.15, -0.1) is 0 Å². The van der Waals surface area contributed by atoms with E-state index in [2.05, 4.69) is 42.2 Å². The third-order valence-electron chi connectivity index (χ3n) is 5.20. The zero-order chi connectivity index (χ0) is 18.1. The number of hydrogen-bond donors (Lipinski definition) is 1. The highest BCUT2D eigenvalue weighted by molar-refractivity contribution is 5.78. The Morgan fingerprint density at radius 3 is 2.65 bits per heavy atom. The van der Waals surface area contributed by atoms with Crippen molar-refractivity contribution in [3.05, 3.63) is 77.5 Å². The predicted octanol–water partition coefficient (Wildman–Crippen LogP) is 4.18. The summed E-state index contributed by atoms with van der Waals surface area (Å²) in [6.07, 6.45) is 1.58. The normalized spacial score (nSPS) is 18.9. The summed E-state index contributed by atoms with van der Waals surface area (Å²) in [5, 5.41) is 10.8. The van der Waals surface area contributed by atoms with Crippen LogP contribution in [0.5, 0.6) is 0 Å². The first kappa shape index (κ1) is 16.7. The van der Waals surface area contributed by atoms with Crippen LogP contribution in [-0.4, -0.2) is 33.5 Å². The number of benzene rings is 2. The standard InChI is InChI=1S/C22H22N2O2/c1-15-8-10-17(11-9-15)21(24-14-4-7-20(24)22(25)26)19-13-12-16-5-2-3-6-18(16)23-19/h2-3,5-6,8-13,20-21H,4,7,14H2,1H3,(H,25,26). The zero-order valence-electron chi connectivity index (χ0n) is 14.8. The topological polar surface area (TPSA) is 53.4 Å². The number of nitrogens with zero attached hydrogens (tertiary/aromatic N) is 2. The van der Waals surface area contributed by atoms with Crippen LogP contribution >= 0.6 is 0 Å². The summed E-state index contributed by atoms with van der Waals surface area (Å²) in [5.74, 6) is -0.750. The second-order valence-electron chi connectivity index (χ2n) is 6.98. The van der Waals surface area contributed by atoms with E-state index in [1.807, 2.05) is 30.3 Å². The fraction of sp³-hybridized carbons (Fsp3) is 0.273. The van der Waals surface area contributed by atoms with Crippen LogP contribution in [-0.2, 0) is 4.79 Å². The first-order valence-electron chi connectivity index (χ1n) is 9.04. The van der Waals surface area contributed by atoms with Crippen molar-refractivity contribution in [3.63, 3.8) is 0 Å². The number of carboxylic acids is 1. The second-order valence-corrected chi connectivity index (χ2v) is 6.98. The van der Waals surface area contributed by atoms with Gasteiger partial charge in [-0.2, -0.15) is 0 Å². The minimum Gasteiger partial charge on any atom is -0.480 e. The van der Waals surface area contributed by atoms with Crippen LogP contribution in [0.25, 0.3) is 10.9 Å². The van der Waals surface area contributed by atoms with Gasteiger partial charge in [-0.3, -0.25) is 14.7 Å². The average molecular weight is 346 g/mol. The summed E-state index contributed by atoms with van der Waals surface area (Å²) in [5.41, 5.74) is 4.12. The number of carbonyl (C=O) groups is 1. The summed E-state index contributed by atoms with van der Waals surface area (Å²) in [6, 6.07) is 19.9. The highest BCUT2D eigenvalue weighted by atomic mass is 16.4. The van der Waals surface area contributed by atoms with Crippen LogP contribution in [0.3, 0.4) is 0 Å². The molecular weight excluding hydrogens is 324 g/mol. The molecule has 1 aromatic heterocycles. The number of aryl methyl sites for hydroxylation is 1. The number of aliphatic carboxylic acids is 1. The lowest BCUT2D eigenvalue weighted by molar-refractivity contribution is -0.142. The molecule has 2 unspecified atom stereocenters. The van der Waals surface area contributed by atoms with Gasteiger partial charge in [0, 0.05) is 11.9 Å². The van der Waals surface area contributed by atoms with Gasteiger partial charge in [-0.25, -0.2) is 0 Å². The molecule has 1 aliphatic rings. The minimum atomic E-state index is -0.750. The maximum absolute atomic E-state index is 11.8. The van der Waals surface area contributed by atoms with Crippen molar-refractivity contribution in [1.29, 1.82) is 0 Å². The quantitative estimate of drug-likeness (QED) is 0.770. The lowest BCUT2D eigenvalue weighted by atomic mass is 9.98. The highest BCUT2D eigenvalue weighted by Crippen LogP contribution is 2.34. The molecule has 2 heterocycles. The van der Waals surface area contributed by atoms with E-state index in [1.165, 1.54) is 5.56 Å². The van der Waals surface area contributed by atoms with Crippen molar-refractivity contribution in [1.82, 2.24) is 9.88 Å². The number of para-hydroxylation sites is 1. The van der Waals surface area contributed by atoms with Crippen LogP contribution in [0, 0.1) is 6.92 Å². The molecule has 0 spiro atoms. The molecule has 2 atom stereocenters. The number of pyridine rings is 1. The van der Waals surface area contributed by atoms with E-state index in [-0.39, 0.29) is 6.04 Å². The van der Waals surface area contributed by atoms with Gasteiger partial charge in [0.05, 0.1) is 17.3 Å². The molecule has 4 nitrogen and oxygen atoms in total. The monoisotopic (exact) mass is 346 g/mol. The van der Waals surface area contributed by atoms with Gasteiger partial charge in [0.25, 0.3) is 0 Å². The van der Waals surface area contributed by atoms with Crippen LogP contribution in [0.2, 0.25) is 0 Å². The van der Waals surface area contributed by atoms with Crippen LogP contribution in [0.1, 0.15) is 35.7 Å². The third kappa shape index (κ3) is 3.08. The van der Waals surface area contributed by atoms with Gasteiger partial charge in [0.2, 0.25) is 0 Å². The number of aromatic nitrogens is 1. The Kier molecular flexibility index (Phi) is 4.43. The van der Waals surface area contributed by atoms with E-state index < -0.39 is 12.0 Å². The molecule has 26 heavy (non-hydrogen) atoms. The fourth-order valence-electron chi connectivity index (χ4n) is 3.88. The lowest BCUT2D eigenvalue weighted by Crippen LogP contribution is -2.39. The van der Waals surface area contributed by atoms with Crippen LogP contribution < -0.4 is 0 Å². The first-order valence-corrected chi connectivity index (χ1v) is 9.04. The summed E-state index contributed by atoms with van der Waals surface area (Å²) in [6.45, 7) is 2.83. The molecule has 1 saturated heterocycles. The number of rotatable bonds is 4. The van der Waals surface area contributed by atoms with Crippen molar-refractivity contribution in [3.8, 4) is 0 Å². The third-order valence-corrected chi connectivity index (χ3v) is 5.20. The molecule has 0 aliphatic carbocycles. The van der Waals surface area contributed by atoms with Crippen molar-refractivity contribution < 1.29 is 9.90 Å². The molecule has 4 rings (SSSR count). The minimum absolute atomic E-state index is 0.149. The molecular formula is C22H22N2O2. The summed E-state index contributed by atoms with van der Waals surface area (Å²) >= 11 is 0. The number of likely N-dealkylation sites (tertiary alicyclic amines) is 1. The predicted molar refractivity (Wildman–Crippen MR) is 102 cm³/mol. The lowest BCUT2D eigenvalue weighted by Gasteiger charge is -2.31. The van der Waals surface area contributed by atoms with E-state index in [0.717, 1.165) is 35.1 Å². The molecule has 1 N–H and O–H groups in total. The van der Waals surface area contributed by atoms with Gasteiger partial charge >= 0.3 is 5.97 Å². The van der Waals surface area contributed by atoms with Crippen LogP contribution in [0.4, 0.5) is 0 Å². The van der Waals surface area contributed by atoms with E-state index in [4.69, 9.17) is 4.98 Å². The SMILES string of the molecule is Cc1ccc(C(c2ccc3ccccc3n2)N2CCCC2C(=O)O)cc1. The molecule has 1 aliphatic heterocycles. The molecule has 0 saturated carbocycles. The van der Waals surface area contributed by atoms with Gasteiger partial charge in [0.15, 0.2) is 0 Å². The largest absolute Gasteiger partial charge is 0.480 e. The van der Waals surface area contributed by atoms with Crippen molar-refractivity contribution in [2.75, 3.05) is 6.54 Å². The summed E-state index contributed by atoms with van der Waals surface area (Å²) < 4.78 is 0. The van der Waals surface area contributed by atoms with E-state index in [0.29, 0.717) is 6.42 Å². The number of hydrogen-bond acceptors (Lipinski definition) is 3.